The summed E-state index contributed by atoms with van der Waals surface area (Å²) in [6, 6.07) is 5.99. The topological polar surface area (TPSA) is 12.0 Å². The molecule has 1 fully saturated rings. The molecule has 18 heavy (non-hydrogen) atoms. The van der Waals surface area contributed by atoms with E-state index < -0.39 is 0 Å². The molecule has 3 heteroatoms. The normalized spacial score (nSPS) is 18.1. The van der Waals surface area contributed by atoms with Crippen LogP contribution in [0.3, 0.4) is 0 Å². The number of nitrogens with one attached hydrogen (secondary N) is 1. The maximum atomic E-state index is 6.10. The van der Waals surface area contributed by atoms with Crippen LogP contribution in [0.4, 0.5) is 5.69 Å². The van der Waals surface area contributed by atoms with Crippen molar-refractivity contribution in [2.45, 2.75) is 44.9 Å². The highest BCUT2D eigenvalue weighted by Gasteiger charge is 2.12. The first kappa shape index (κ1) is 14.2. The van der Waals surface area contributed by atoms with Crippen molar-refractivity contribution >= 4 is 33.2 Å². The summed E-state index contributed by atoms with van der Waals surface area (Å²) < 4.78 is 0.984. The monoisotopic (exact) mass is 329 g/mol. The van der Waals surface area contributed by atoms with Crippen LogP contribution in [0.15, 0.2) is 22.7 Å². The third-order valence-corrected chi connectivity index (χ3v) is 5.16. The van der Waals surface area contributed by atoms with Crippen LogP contribution in [0.2, 0.25) is 5.02 Å². The molecule has 0 radical (unpaired) electrons. The van der Waals surface area contributed by atoms with E-state index in [4.69, 9.17) is 11.6 Å². The maximum absolute atomic E-state index is 6.10. The minimum absolute atomic E-state index is 0.776. The molecule has 1 saturated carbocycles. The van der Waals surface area contributed by atoms with E-state index in [1.54, 1.807) is 0 Å². The van der Waals surface area contributed by atoms with Crippen LogP contribution >= 0.6 is 27.5 Å². The van der Waals surface area contributed by atoms with Gasteiger partial charge in [0.1, 0.15) is 0 Å². The van der Waals surface area contributed by atoms with Crippen molar-refractivity contribution in [1.29, 1.82) is 0 Å². The van der Waals surface area contributed by atoms with Crippen LogP contribution in [0.25, 0.3) is 0 Å². The Balaban J connectivity index is 1.87. The second-order valence-electron chi connectivity index (χ2n) is 5.19. The lowest BCUT2D eigenvalue weighted by Crippen LogP contribution is -2.15. The average molecular weight is 331 g/mol. The Bertz CT molecular complexity index is 373. The van der Waals surface area contributed by atoms with E-state index in [0.29, 0.717) is 0 Å². The lowest BCUT2D eigenvalue weighted by atomic mass is 9.91. The highest BCUT2D eigenvalue weighted by molar-refractivity contribution is 9.10. The SMILES string of the molecule is Clc1cccc(NCC2CCCCCCC2)c1Br. The van der Waals surface area contributed by atoms with E-state index in [9.17, 15) is 0 Å². The maximum Gasteiger partial charge on any atom is 0.0593 e. The van der Waals surface area contributed by atoms with Gasteiger partial charge in [0.15, 0.2) is 0 Å². The summed E-state index contributed by atoms with van der Waals surface area (Å²) in [4.78, 5) is 0. The smallest absolute Gasteiger partial charge is 0.0593 e. The molecule has 2 rings (SSSR count). The van der Waals surface area contributed by atoms with Gasteiger partial charge in [-0.15, -0.1) is 0 Å². The number of halogens is 2. The molecule has 0 aromatic heterocycles. The van der Waals surface area contributed by atoms with Crippen molar-refractivity contribution in [2.24, 2.45) is 5.92 Å². The fourth-order valence-electron chi connectivity index (χ4n) is 2.64. The number of anilines is 1. The van der Waals surface area contributed by atoms with Crippen molar-refractivity contribution < 1.29 is 0 Å². The molecule has 1 nitrogen and oxygen atoms in total. The van der Waals surface area contributed by atoms with Crippen LogP contribution in [0, 0.1) is 5.92 Å². The fourth-order valence-corrected chi connectivity index (χ4v) is 3.22. The van der Waals surface area contributed by atoms with Crippen molar-refractivity contribution in [1.82, 2.24) is 0 Å². The second-order valence-corrected chi connectivity index (χ2v) is 6.39. The predicted molar refractivity (Wildman–Crippen MR) is 83.5 cm³/mol. The molecule has 0 heterocycles. The van der Waals surface area contributed by atoms with Gasteiger partial charge in [-0.1, -0.05) is 49.8 Å². The number of rotatable bonds is 3. The van der Waals surface area contributed by atoms with Crippen molar-refractivity contribution in [3.8, 4) is 0 Å². The van der Waals surface area contributed by atoms with E-state index in [1.807, 2.05) is 12.1 Å². The van der Waals surface area contributed by atoms with Crippen molar-refractivity contribution in [3.63, 3.8) is 0 Å². The Labute approximate surface area is 123 Å². The van der Waals surface area contributed by atoms with Crippen molar-refractivity contribution in [3.05, 3.63) is 27.7 Å². The van der Waals surface area contributed by atoms with Gasteiger partial charge in [-0.2, -0.15) is 0 Å². The van der Waals surface area contributed by atoms with Gasteiger partial charge in [0.05, 0.1) is 9.50 Å². The molecule has 0 saturated heterocycles. The molecule has 1 aliphatic rings. The first-order chi connectivity index (χ1) is 8.77. The molecule has 0 aliphatic heterocycles. The minimum atomic E-state index is 0.776. The standard InChI is InChI=1S/C15H21BrClN/c16-15-13(17)9-6-10-14(15)18-11-12-7-4-2-1-3-5-8-12/h6,9-10,12,18H,1-5,7-8,11H2. The molecule has 0 unspecified atom stereocenters. The summed E-state index contributed by atoms with van der Waals surface area (Å²) in [6.45, 7) is 1.07. The summed E-state index contributed by atoms with van der Waals surface area (Å²) in [5, 5.41) is 4.32. The van der Waals surface area contributed by atoms with E-state index in [1.165, 1.54) is 44.9 Å². The number of benzene rings is 1. The summed E-state index contributed by atoms with van der Waals surface area (Å²) >= 11 is 9.63. The third kappa shape index (κ3) is 4.17. The van der Waals surface area contributed by atoms with Gasteiger partial charge in [0, 0.05) is 12.2 Å². The molecule has 0 atom stereocenters. The second kappa shape index (κ2) is 7.40. The van der Waals surface area contributed by atoms with E-state index in [0.717, 1.165) is 27.6 Å². The molecular weight excluding hydrogens is 310 g/mol. The Morgan fingerprint density at radius 3 is 2.50 bits per heavy atom. The largest absolute Gasteiger partial charge is 0.384 e. The molecule has 1 aliphatic carbocycles. The zero-order chi connectivity index (χ0) is 12.8. The van der Waals surface area contributed by atoms with Crippen LogP contribution in [-0.2, 0) is 0 Å². The van der Waals surface area contributed by atoms with E-state index in [2.05, 4.69) is 27.3 Å². The van der Waals surface area contributed by atoms with Crippen LogP contribution in [0.5, 0.6) is 0 Å². The predicted octanol–water partition coefficient (Wildman–Crippen LogP) is 5.87. The molecule has 1 aromatic rings. The van der Waals surface area contributed by atoms with E-state index >= 15 is 0 Å². The Hall–Kier alpha value is -0.210. The quantitative estimate of drug-likeness (QED) is 0.730. The van der Waals surface area contributed by atoms with Gasteiger partial charge in [0.25, 0.3) is 0 Å². The van der Waals surface area contributed by atoms with Crippen LogP contribution in [-0.4, -0.2) is 6.54 Å². The number of hydrogen-bond donors (Lipinski definition) is 1. The molecule has 1 aromatic carbocycles. The highest BCUT2D eigenvalue weighted by Crippen LogP contribution is 2.31. The van der Waals surface area contributed by atoms with Crippen molar-refractivity contribution in [2.75, 3.05) is 11.9 Å². The van der Waals surface area contributed by atoms with Gasteiger partial charge >= 0.3 is 0 Å². The summed E-state index contributed by atoms with van der Waals surface area (Å²) in [5.74, 6) is 0.816. The van der Waals surface area contributed by atoms with Gasteiger partial charge in [-0.05, 0) is 46.8 Å². The minimum Gasteiger partial charge on any atom is -0.384 e. The Kier molecular flexibility index (Phi) is 5.84. The highest BCUT2D eigenvalue weighted by atomic mass is 79.9. The first-order valence-electron chi connectivity index (χ1n) is 6.95. The summed E-state index contributed by atoms with van der Waals surface area (Å²) in [7, 11) is 0. The molecule has 100 valence electrons. The molecule has 1 N–H and O–H groups in total. The average Bonchev–Trinajstić information content (AvgIpc) is 2.32. The van der Waals surface area contributed by atoms with Gasteiger partial charge < -0.3 is 5.32 Å². The molecule has 0 bridgehead atoms. The lowest BCUT2D eigenvalue weighted by Gasteiger charge is -2.21. The fraction of sp³-hybridized carbons (Fsp3) is 0.600. The summed E-state index contributed by atoms with van der Waals surface area (Å²) in [6.07, 6.45) is 9.78. The Morgan fingerprint density at radius 2 is 1.78 bits per heavy atom. The van der Waals surface area contributed by atoms with E-state index in [-0.39, 0.29) is 0 Å². The molecule has 0 amide bonds. The molecule has 0 spiro atoms. The van der Waals surface area contributed by atoms with Gasteiger partial charge in [-0.3, -0.25) is 0 Å². The van der Waals surface area contributed by atoms with Gasteiger partial charge in [-0.25, -0.2) is 0 Å². The van der Waals surface area contributed by atoms with Crippen LogP contribution < -0.4 is 5.32 Å². The number of hydrogen-bond acceptors (Lipinski definition) is 1. The lowest BCUT2D eigenvalue weighted by molar-refractivity contribution is 0.392. The van der Waals surface area contributed by atoms with Gasteiger partial charge in [0.2, 0.25) is 0 Å². The third-order valence-electron chi connectivity index (χ3n) is 3.76. The Morgan fingerprint density at radius 1 is 1.11 bits per heavy atom. The first-order valence-corrected chi connectivity index (χ1v) is 8.12. The molecular formula is C15H21BrClN. The van der Waals surface area contributed by atoms with Crippen LogP contribution in [0.1, 0.15) is 44.9 Å². The zero-order valence-electron chi connectivity index (χ0n) is 10.7. The zero-order valence-corrected chi connectivity index (χ0v) is 13.1. The summed E-state index contributed by atoms with van der Waals surface area (Å²) in [5.41, 5.74) is 1.12.